The Hall–Kier alpha value is -3.24. The van der Waals surface area contributed by atoms with E-state index < -0.39 is 0 Å². The van der Waals surface area contributed by atoms with Crippen LogP contribution in [-0.2, 0) is 25.7 Å². The third-order valence-electron chi connectivity index (χ3n) is 16.4. The van der Waals surface area contributed by atoms with Crippen molar-refractivity contribution in [2.24, 2.45) is 11.8 Å². The zero-order valence-electron chi connectivity index (χ0n) is 39.5. The van der Waals surface area contributed by atoms with Crippen LogP contribution in [0, 0.1) is 39.5 Å². The van der Waals surface area contributed by atoms with Crippen molar-refractivity contribution in [2.45, 2.75) is 157 Å². The molecule has 4 aromatic rings. The number of benzene rings is 4. The van der Waals surface area contributed by atoms with E-state index >= 15 is 0 Å². The second kappa shape index (κ2) is 19.4. The average Bonchev–Trinajstić information content (AvgIpc) is 3.55. The highest BCUT2D eigenvalue weighted by Crippen LogP contribution is 2.52. The first-order valence-electron chi connectivity index (χ1n) is 24.6. The van der Waals surface area contributed by atoms with Gasteiger partial charge >= 0.3 is 0 Å². The van der Waals surface area contributed by atoms with Gasteiger partial charge in [-0.1, -0.05) is 109 Å². The molecule has 0 amide bonds. The van der Waals surface area contributed by atoms with Crippen LogP contribution in [0.3, 0.4) is 0 Å². The number of hydrogen-bond donors (Lipinski definition) is 1. The highest BCUT2D eigenvalue weighted by atomic mass is 16.5. The summed E-state index contributed by atoms with van der Waals surface area (Å²) >= 11 is 0. The first-order chi connectivity index (χ1) is 28.8. The molecule has 7 unspecified atom stereocenters. The summed E-state index contributed by atoms with van der Waals surface area (Å²) in [4.78, 5) is 0. The molecule has 5 aliphatic carbocycles. The summed E-state index contributed by atoms with van der Waals surface area (Å²) in [5.74, 6) is 5.38. The standard InChI is InChI=1S/C15H24N.C15H20.C14H18.C13H20NO/c1-4-16(5-2)10-8-14-7-6-13(3)12-15(14)9-11-16;1-10-3-6-14-12-4-5-13(15(14)9-10)8-11(2)7-12;1-9-3-4-13-11-5-10(2)6-12(8-11)14(13)7-9;1-3-14(15)8-6-12-5-4-11(2)10-13(12)7-9-14/h6-7,12H,4-5,8-11H2,1-3H3;3,6,9,11-13H,4-5,7-8H2,1-2H3;3-4,7,10-12H,5-6,8H2,1-2H3;4-5,10,15H,3,6-9H2,1-2H3/q+1;;;+1. The molecule has 1 N–H and O–H groups in total. The topological polar surface area (TPSA) is 20.2 Å². The molecule has 2 aliphatic heterocycles. The minimum absolute atomic E-state index is 0.230. The average molecular weight is 811 g/mol. The predicted octanol–water partition coefficient (Wildman–Crippen LogP) is 13.7. The number of likely N-dealkylation sites (N-methyl/N-ethyl adjacent to an activating group) is 2. The Morgan fingerprint density at radius 2 is 0.817 bits per heavy atom. The van der Waals surface area contributed by atoms with Gasteiger partial charge in [0.25, 0.3) is 0 Å². The van der Waals surface area contributed by atoms with Gasteiger partial charge in [-0.15, -0.1) is 0 Å². The summed E-state index contributed by atoms with van der Waals surface area (Å²) in [6.07, 6.45) is 14.5. The lowest BCUT2D eigenvalue weighted by molar-refractivity contribution is -1.10. The van der Waals surface area contributed by atoms with E-state index in [1.807, 2.05) is 0 Å². The van der Waals surface area contributed by atoms with Crippen LogP contribution in [0.15, 0.2) is 72.8 Å². The zero-order valence-corrected chi connectivity index (χ0v) is 39.5. The number of aryl methyl sites for hydroxylation is 4. The van der Waals surface area contributed by atoms with Crippen molar-refractivity contribution in [1.82, 2.24) is 0 Å². The van der Waals surface area contributed by atoms with Crippen LogP contribution in [0.25, 0.3) is 0 Å². The lowest BCUT2D eigenvalue weighted by Gasteiger charge is -2.35. The van der Waals surface area contributed by atoms with E-state index in [4.69, 9.17) is 0 Å². The number of hydroxylamine groups is 3. The summed E-state index contributed by atoms with van der Waals surface area (Å²) < 4.78 is 1.53. The van der Waals surface area contributed by atoms with E-state index in [0.717, 1.165) is 68.0 Å². The van der Waals surface area contributed by atoms with Crippen LogP contribution in [0.1, 0.15) is 170 Å². The van der Waals surface area contributed by atoms with Crippen molar-refractivity contribution in [2.75, 3.05) is 45.8 Å². The quantitative estimate of drug-likeness (QED) is 0.204. The monoisotopic (exact) mass is 811 g/mol. The van der Waals surface area contributed by atoms with Gasteiger partial charge in [-0.3, -0.25) is 0 Å². The third kappa shape index (κ3) is 10.5. The maximum atomic E-state index is 10.2. The van der Waals surface area contributed by atoms with Gasteiger partial charge in [0.15, 0.2) is 0 Å². The van der Waals surface area contributed by atoms with Gasteiger partial charge < -0.3 is 4.48 Å². The lowest BCUT2D eigenvalue weighted by atomic mass is 9.78. The first-order valence-corrected chi connectivity index (χ1v) is 24.6. The molecule has 0 radical (unpaired) electrons. The fourth-order valence-corrected chi connectivity index (χ4v) is 12.5. The molecule has 0 saturated heterocycles. The Bertz CT molecular complexity index is 2060. The van der Waals surface area contributed by atoms with Crippen LogP contribution in [-0.4, -0.2) is 60.1 Å². The molecule has 324 valence electrons. The van der Waals surface area contributed by atoms with E-state index in [1.165, 1.54) is 122 Å². The molecule has 0 aromatic heterocycles. The highest BCUT2D eigenvalue weighted by Gasteiger charge is 2.37. The molecule has 0 spiro atoms. The van der Waals surface area contributed by atoms with Crippen LogP contribution < -0.4 is 0 Å². The SMILES string of the molecule is CC[N+]1(CC)CCc2ccc(C)cc2CC1.CC[N+]1(O)CCc2ccc(C)cc2CC1.Cc1ccc2c(c1)C1CC(C)CC2C1.Cc1ccc2c(c1)C1CCC2CC(C)C1. The number of fused-ring (bicyclic) bond motifs is 10. The van der Waals surface area contributed by atoms with Gasteiger partial charge in [0, 0.05) is 25.7 Å². The van der Waals surface area contributed by atoms with Crippen molar-refractivity contribution < 1.29 is 14.3 Å². The third-order valence-corrected chi connectivity index (χ3v) is 16.4. The molecule has 60 heavy (non-hydrogen) atoms. The molecule has 3 nitrogen and oxygen atoms in total. The van der Waals surface area contributed by atoms with Gasteiger partial charge in [0.1, 0.15) is 19.6 Å². The first kappa shape index (κ1) is 44.8. The number of quaternary nitrogens is 2. The van der Waals surface area contributed by atoms with Gasteiger partial charge in [0.05, 0.1) is 26.2 Å². The zero-order chi connectivity index (χ0) is 42.6. The highest BCUT2D eigenvalue weighted by molar-refractivity contribution is 5.43. The molecule has 4 aromatic carbocycles. The van der Waals surface area contributed by atoms with Crippen molar-refractivity contribution in [3.63, 3.8) is 0 Å². The molecule has 2 fully saturated rings. The summed E-state index contributed by atoms with van der Waals surface area (Å²) in [6, 6.07) is 27.9. The van der Waals surface area contributed by atoms with Crippen LogP contribution in [0.5, 0.6) is 0 Å². The Morgan fingerprint density at radius 1 is 0.433 bits per heavy atom. The minimum Gasteiger partial charge on any atom is -0.324 e. The van der Waals surface area contributed by atoms with E-state index in [0.29, 0.717) is 0 Å². The van der Waals surface area contributed by atoms with Crippen LogP contribution in [0.2, 0.25) is 0 Å². The van der Waals surface area contributed by atoms with Crippen molar-refractivity contribution in [3.05, 3.63) is 140 Å². The molecule has 2 heterocycles. The van der Waals surface area contributed by atoms with Gasteiger partial charge in [-0.25, -0.2) is 5.21 Å². The maximum absolute atomic E-state index is 10.2. The summed E-state index contributed by atoms with van der Waals surface area (Å²) in [7, 11) is 0. The molecule has 4 bridgehead atoms. The second-order valence-corrected chi connectivity index (χ2v) is 20.8. The van der Waals surface area contributed by atoms with Crippen LogP contribution in [0.4, 0.5) is 0 Å². The Labute approximate surface area is 366 Å². The summed E-state index contributed by atoms with van der Waals surface area (Å²) in [5.41, 5.74) is 18.4. The minimum atomic E-state index is 0.230. The molecular weight excluding hydrogens is 729 g/mol. The number of nitrogens with zero attached hydrogens (tertiary/aromatic N) is 2. The van der Waals surface area contributed by atoms with Crippen LogP contribution >= 0.6 is 0 Å². The molecule has 11 rings (SSSR count). The molecule has 7 atom stereocenters. The molecule has 3 heteroatoms. The predicted molar refractivity (Wildman–Crippen MR) is 255 cm³/mol. The second-order valence-electron chi connectivity index (χ2n) is 20.8. The lowest BCUT2D eigenvalue weighted by Crippen LogP contribution is -2.49. The molecular formula is C57H82N2O+2. The van der Waals surface area contributed by atoms with E-state index in [9.17, 15) is 5.21 Å². The van der Waals surface area contributed by atoms with E-state index in [-0.39, 0.29) is 4.65 Å². The Balaban J connectivity index is 0.000000121. The number of hydrogen-bond acceptors (Lipinski definition) is 1. The van der Waals surface area contributed by atoms with Gasteiger partial charge in [0.2, 0.25) is 0 Å². The van der Waals surface area contributed by atoms with Gasteiger partial charge in [-0.05, 0) is 173 Å². The van der Waals surface area contributed by atoms with E-state index in [1.54, 1.807) is 33.4 Å². The number of rotatable bonds is 3. The van der Waals surface area contributed by atoms with Crippen molar-refractivity contribution in [3.8, 4) is 0 Å². The van der Waals surface area contributed by atoms with Crippen molar-refractivity contribution >= 4 is 0 Å². The fraction of sp³-hybridized carbons (Fsp3) is 0.579. The summed E-state index contributed by atoms with van der Waals surface area (Å²) in [5, 5.41) is 10.2. The largest absolute Gasteiger partial charge is 0.324 e. The maximum Gasteiger partial charge on any atom is 0.113 e. The molecule has 7 aliphatic rings. The fourth-order valence-electron chi connectivity index (χ4n) is 12.5. The van der Waals surface area contributed by atoms with Gasteiger partial charge in [-0.2, -0.15) is 4.65 Å². The normalized spacial score (nSPS) is 27.9. The Kier molecular flexibility index (Phi) is 14.5. The molecule has 2 saturated carbocycles. The Morgan fingerprint density at radius 3 is 1.33 bits per heavy atom. The summed E-state index contributed by atoms with van der Waals surface area (Å²) in [6.45, 7) is 28.1. The smallest absolute Gasteiger partial charge is 0.113 e. The van der Waals surface area contributed by atoms with Crippen molar-refractivity contribution in [1.29, 1.82) is 0 Å². The van der Waals surface area contributed by atoms with E-state index in [2.05, 4.69) is 135 Å².